The number of methoxy groups -OCH3 is 1. The van der Waals surface area contributed by atoms with Gasteiger partial charge in [-0.25, -0.2) is 0 Å². The Morgan fingerprint density at radius 2 is 1.08 bits per heavy atom. The Morgan fingerprint density at radius 3 is 1.50 bits per heavy atom. The molecule has 60 heavy (non-hydrogen) atoms. The van der Waals surface area contributed by atoms with Crippen LogP contribution in [0, 0.1) is 0 Å². The quantitative estimate of drug-likeness (QED) is 0.0437. The summed E-state index contributed by atoms with van der Waals surface area (Å²) in [7, 11) is 1.51. The third kappa shape index (κ3) is 17.1. The molecule has 0 aliphatic rings. The molecule has 320 valence electrons. The van der Waals surface area contributed by atoms with Gasteiger partial charge in [0.15, 0.2) is 11.5 Å². The number of rotatable bonds is 18. The first-order valence-electron chi connectivity index (χ1n) is 17.8. The Balaban J connectivity index is 0.000000346. The zero-order chi connectivity index (χ0) is 44.9. The minimum absolute atomic E-state index is 0.105. The van der Waals surface area contributed by atoms with Gasteiger partial charge in [0.2, 0.25) is 11.1 Å². The normalized spacial score (nSPS) is 11.8. The molecule has 0 saturated carbocycles. The maximum Gasteiger partial charge on any atom is 0.311 e. The Hall–Kier alpha value is -4.19. The van der Waals surface area contributed by atoms with Crippen molar-refractivity contribution in [2.24, 2.45) is 0 Å². The van der Waals surface area contributed by atoms with Crippen LogP contribution in [-0.4, -0.2) is 48.5 Å². The average molecular weight is 961 g/mol. The topological polar surface area (TPSA) is 128 Å². The van der Waals surface area contributed by atoms with Crippen LogP contribution in [0.5, 0.6) is 11.5 Å². The van der Waals surface area contributed by atoms with Crippen LogP contribution in [0.4, 0.5) is 5.69 Å². The van der Waals surface area contributed by atoms with Gasteiger partial charge in [-0.1, -0.05) is 106 Å². The standard InChI is InChI=1S/C22H23Cl2NO5.C11H9Cl3O.C11H10Cl2O2/c1-4-5-17(15-6-8-18(23)19(24)12-15)22(27)25-16-7-9-20(28-3)21(13-16)30-11-10-29-14(2)26;2*1-2-3-8(11(14)15)7-4-5-9(12)10(13)6-7/h4,6-9,12-13,17H,1,5,10-11H2,2-3H3,(H,25,27);2,4-6,8H,1,3H2;2,4-6,8H,1,3H2,(H,14,15). The van der Waals surface area contributed by atoms with Crippen molar-refractivity contribution in [1.82, 2.24) is 0 Å². The molecule has 4 aromatic rings. The second-order valence-electron chi connectivity index (χ2n) is 12.4. The Kier molecular flexibility index (Phi) is 23.3. The highest BCUT2D eigenvalue weighted by atomic mass is 35.5. The van der Waals surface area contributed by atoms with E-state index >= 15 is 0 Å². The number of anilines is 1. The number of hydrogen-bond donors (Lipinski definition) is 2. The number of carbonyl (C=O) groups is 4. The van der Waals surface area contributed by atoms with Crippen LogP contribution >= 0.6 is 81.2 Å². The van der Waals surface area contributed by atoms with E-state index in [1.165, 1.54) is 14.0 Å². The molecule has 0 saturated heterocycles. The maximum absolute atomic E-state index is 12.9. The molecule has 0 aromatic heterocycles. The van der Waals surface area contributed by atoms with Gasteiger partial charge >= 0.3 is 11.9 Å². The summed E-state index contributed by atoms with van der Waals surface area (Å²) in [6.07, 6.45) is 6.17. The molecule has 16 heteroatoms. The fraction of sp³-hybridized carbons (Fsp3) is 0.227. The van der Waals surface area contributed by atoms with Crippen LogP contribution in [0.25, 0.3) is 0 Å². The third-order valence-corrected chi connectivity index (χ3v) is 10.7. The lowest BCUT2D eigenvalue weighted by Crippen LogP contribution is -2.21. The first-order valence-corrected chi connectivity index (χ1v) is 20.5. The van der Waals surface area contributed by atoms with Crippen molar-refractivity contribution < 1.29 is 38.5 Å². The molecule has 0 bridgehead atoms. The van der Waals surface area contributed by atoms with Crippen LogP contribution in [-0.2, 0) is 23.9 Å². The van der Waals surface area contributed by atoms with Crippen LogP contribution in [0.3, 0.4) is 0 Å². The minimum Gasteiger partial charge on any atom is -0.493 e. The Bertz CT molecular complexity index is 2070. The molecule has 9 nitrogen and oxygen atoms in total. The Labute approximate surface area is 384 Å². The number of benzene rings is 4. The van der Waals surface area contributed by atoms with E-state index in [4.69, 9.17) is 101 Å². The maximum atomic E-state index is 12.9. The molecule has 0 aliphatic heterocycles. The molecule has 4 rings (SSSR count). The molecule has 1 amide bonds. The molecule has 0 fully saturated rings. The second-order valence-corrected chi connectivity index (χ2v) is 15.3. The first kappa shape index (κ1) is 51.9. The first-order chi connectivity index (χ1) is 28.5. The lowest BCUT2D eigenvalue weighted by atomic mass is 9.94. The number of halogens is 7. The average Bonchev–Trinajstić information content (AvgIpc) is 3.20. The van der Waals surface area contributed by atoms with Crippen molar-refractivity contribution in [1.29, 1.82) is 0 Å². The fourth-order valence-electron chi connectivity index (χ4n) is 5.25. The summed E-state index contributed by atoms with van der Waals surface area (Å²) < 4.78 is 15.8. The molecule has 0 heterocycles. The number of ether oxygens (including phenoxy) is 3. The van der Waals surface area contributed by atoms with Gasteiger partial charge in [0, 0.05) is 18.7 Å². The number of hydrogen-bond acceptors (Lipinski definition) is 7. The van der Waals surface area contributed by atoms with Crippen LogP contribution in [0.15, 0.2) is 111 Å². The van der Waals surface area contributed by atoms with E-state index in [1.807, 2.05) is 0 Å². The van der Waals surface area contributed by atoms with Gasteiger partial charge in [0.05, 0.1) is 55.0 Å². The summed E-state index contributed by atoms with van der Waals surface area (Å²) in [6, 6.07) is 20.0. The molecule has 2 N–H and O–H groups in total. The summed E-state index contributed by atoms with van der Waals surface area (Å²) in [5.74, 6) is -2.12. The van der Waals surface area contributed by atoms with Crippen LogP contribution in [0.1, 0.15) is 60.6 Å². The van der Waals surface area contributed by atoms with E-state index in [9.17, 15) is 19.2 Å². The highest BCUT2D eigenvalue weighted by Gasteiger charge is 2.22. The number of nitrogens with one attached hydrogen (secondary N) is 1. The van der Waals surface area contributed by atoms with E-state index in [0.29, 0.717) is 72.1 Å². The summed E-state index contributed by atoms with van der Waals surface area (Å²) in [4.78, 5) is 45.9. The van der Waals surface area contributed by atoms with Gasteiger partial charge in [0.1, 0.15) is 13.2 Å². The van der Waals surface area contributed by atoms with Gasteiger partial charge in [-0.2, -0.15) is 0 Å². The van der Waals surface area contributed by atoms with Crippen molar-refractivity contribution in [3.05, 3.63) is 158 Å². The van der Waals surface area contributed by atoms with Crippen molar-refractivity contribution in [3.63, 3.8) is 0 Å². The number of carboxylic acids is 1. The SMILES string of the molecule is C=CCC(C(=O)Cl)c1ccc(Cl)c(Cl)c1.C=CCC(C(=O)Nc1ccc(OC)c(OCCOC(C)=O)c1)c1ccc(Cl)c(Cl)c1.C=CCC(C(=O)O)c1ccc(Cl)c(Cl)c1. The predicted octanol–water partition coefficient (Wildman–Crippen LogP) is 13.4. The molecule has 0 spiro atoms. The molecule has 3 atom stereocenters. The minimum atomic E-state index is -0.895. The van der Waals surface area contributed by atoms with E-state index in [1.54, 1.807) is 91.0 Å². The molecule has 0 aliphatic carbocycles. The summed E-state index contributed by atoms with van der Waals surface area (Å²) >= 11 is 40.8. The van der Waals surface area contributed by atoms with Crippen molar-refractivity contribution in [2.75, 3.05) is 25.6 Å². The van der Waals surface area contributed by atoms with Crippen molar-refractivity contribution >= 4 is 110 Å². The summed E-state index contributed by atoms with van der Waals surface area (Å²) in [5.41, 5.74) is 2.65. The number of carboxylic acid groups (broad SMARTS) is 1. The van der Waals surface area contributed by atoms with E-state index < -0.39 is 29.0 Å². The molecule has 0 radical (unpaired) electrons. The number of amides is 1. The van der Waals surface area contributed by atoms with Gasteiger partial charge in [-0.3, -0.25) is 19.2 Å². The van der Waals surface area contributed by atoms with Gasteiger partial charge < -0.3 is 24.6 Å². The molecular formula is C44H42Cl7NO8. The second kappa shape index (κ2) is 26.9. The number of aliphatic carboxylic acids is 1. The van der Waals surface area contributed by atoms with Crippen molar-refractivity contribution in [3.8, 4) is 11.5 Å². The van der Waals surface area contributed by atoms with Gasteiger partial charge in [-0.15, -0.1) is 19.7 Å². The predicted molar refractivity (Wildman–Crippen MR) is 244 cm³/mol. The van der Waals surface area contributed by atoms with Crippen LogP contribution < -0.4 is 14.8 Å². The third-order valence-electron chi connectivity index (χ3n) is 8.21. The number of esters is 1. The number of allylic oxidation sites excluding steroid dienone is 3. The van der Waals surface area contributed by atoms with E-state index in [-0.39, 0.29) is 25.1 Å². The highest BCUT2D eigenvalue weighted by molar-refractivity contribution is 6.64. The Morgan fingerprint density at radius 1 is 0.633 bits per heavy atom. The lowest BCUT2D eigenvalue weighted by Gasteiger charge is -2.17. The highest BCUT2D eigenvalue weighted by Crippen LogP contribution is 2.34. The molecular weight excluding hydrogens is 919 g/mol. The van der Waals surface area contributed by atoms with Crippen molar-refractivity contribution in [2.45, 2.75) is 43.9 Å². The molecule has 4 aromatic carbocycles. The van der Waals surface area contributed by atoms with E-state index in [2.05, 4.69) is 25.1 Å². The smallest absolute Gasteiger partial charge is 0.311 e. The number of carbonyl (C=O) groups excluding carboxylic acids is 3. The summed E-state index contributed by atoms with van der Waals surface area (Å²) in [6.45, 7) is 12.4. The van der Waals surface area contributed by atoms with Gasteiger partial charge in [0.25, 0.3) is 0 Å². The van der Waals surface area contributed by atoms with E-state index in [0.717, 1.165) is 11.1 Å². The largest absolute Gasteiger partial charge is 0.493 e. The zero-order valence-electron chi connectivity index (χ0n) is 32.5. The van der Waals surface area contributed by atoms with Gasteiger partial charge in [-0.05, 0) is 96.1 Å². The summed E-state index contributed by atoms with van der Waals surface area (Å²) in [5, 5.41) is 13.9. The molecule has 3 unspecified atom stereocenters. The fourth-order valence-corrected chi connectivity index (χ4v) is 6.39. The monoisotopic (exact) mass is 957 g/mol. The lowest BCUT2D eigenvalue weighted by molar-refractivity contribution is -0.141. The van der Waals surface area contributed by atoms with Crippen LogP contribution in [0.2, 0.25) is 30.1 Å². The zero-order valence-corrected chi connectivity index (χ0v) is 37.8.